The Morgan fingerprint density at radius 2 is 2.27 bits per heavy atom. The molecule has 84 valence electrons. The van der Waals surface area contributed by atoms with Crippen molar-refractivity contribution in [2.75, 3.05) is 26.2 Å². The zero-order chi connectivity index (χ0) is 11.1. The van der Waals surface area contributed by atoms with Crippen molar-refractivity contribution in [1.29, 1.82) is 0 Å². The number of hydrogen-bond donors (Lipinski definition) is 2. The topological polar surface area (TPSA) is 56.6 Å². The molecule has 0 saturated heterocycles. The summed E-state index contributed by atoms with van der Waals surface area (Å²) in [6, 6.07) is 5.48. The Labute approximate surface area is 90.2 Å². The molecule has 0 fully saturated rings. The lowest BCUT2D eigenvalue weighted by Crippen LogP contribution is -2.31. The highest BCUT2D eigenvalue weighted by atomic mass is 16.3. The molecule has 0 bridgehead atoms. The number of hydrogen-bond acceptors (Lipinski definition) is 4. The summed E-state index contributed by atoms with van der Waals surface area (Å²) < 4.78 is 0. The zero-order valence-electron chi connectivity index (χ0n) is 9.00. The van der Waals surface area contributed by atoms with E-state index < -0.39 is 6.10 Å². The number of aliphatic hydroxyl groups excluding tert-OH is 2. The van der Waals surface area contributed by atoms with E-state index in [4.69, 9.17) is 5.11 Å². The number of nitrogens with zero attached hydrogens (tertiary/aromatic N) is 2. The van der Waals surface area contributed by atoms with Gasteiger partial charge in [0.15, 0.2) is 0 Å². The van der Waals surface area contributed by atoms with Crippen molar-refractivity contribution in [3.63, 3.8) is 0 Å². The summed E-state index contributed by atoms with van der Waals surface area (Å²) in [6.07, 6.45) is 1.08. The van der Waals surface area contributed by atoms with Crippen LogP contribution in [0.25, 0.3) is 0 Å². The minimum Gasteiger partial charge on any atom is -0.395 e. The van der Waals surface area contributed by atoms with E-state index in [1.165, 1.54) is 0 Å². The molecule has 4 heteroatoms. The van der Waals surface area contributed by atoms with Crippen molar-refractivity contribution in [3.05, 3.63) is 30.1 Å². The van der Waals surface area contributed by atoms with E-state index in [2.05, 4.69) is 4.98 Å². The minimum atomic E-state index is -0.585. The molecule has 2 N–H and O–H groups in total. The molecular formula is C11H18N2O2. The van der Waals surface area contributed by atoms with Gasteiger partial charge in [-0.05, 0) is 18.7 Å². The van der Waals surface area contributed by atoms with Crippen molar-refractivity contribution in [1.82, 2.24) is 9.88 Å². The molecule has 0 aliphatic carbocycles. The van der Waals surface area contributed by atoms with Gasteiger partial charge in [-0.3, -0.25) is 9.88 Å². The van der Waals surface area contributed by atoms with Crippen LogP contribution in [0, 0.1) is 0 Å². The Kier molecular flexibility index (Phi) is 5.25. The van der Waals surface area contributed by atoms with Gasteiger partial charge in [-0.1, -0.05) is 13.0 Å². The monoisotopic (exact) mass is 210 g/mol. The number of aliphatic hydroxyl groups is 2. The summed E-state index contributed by atoms with van der Waals surface area (Å²) in [4.78, 5) is 6.07. The Hall–Kier alpha value is -0.970. The minimum absolute atomic E-state index is 0.114. The van der Waals surface area contributed by atoms with Gasteiger partial charge in [-0.2, -0.15) is 0 Å². The van der Waals surface area contributed by atoms with E-state index in [0.29, 0.717) is 18.8 Å². The van der Waals surface area contributed by atoms with Crippen LogP contribution in [-0.4, -0.2) is 46.3 Å². The Morgan fingerprint density at radius 1 is 1.47 bits per heavy atom. The molecule has 0 spiro atoms. The normalized spacial score (nSPS) is 13.1. The summed E-state index contributed by atoms with van der Waals surface area (Å²) in [5.41, 5.74) is 0.675. The van der Waals surface area contributed by atoms with E-state index in [0.717, 1.165) is 6.54 Å². The van der Waals surface area contributed by atoms with Crippen LogP contribution >= 0.6 is 0 Å². The fraction of sp³-hybridized carbons (Fsp3) is 0.545. The number of aromatic nitrogens is 1. The van der Waals surface area contributed by atoms with Gasteiger partial charge in [0.1, 0.15) is 6.10 Å². The fourth-order valence-corrected chi connectivity index (χ4v) is 1.43. The molecule has 15 heavy (non-hydrogen) atoms. The van der Waals surface area contributed by atoms with Crippen LogP contribution in [0.4, 0.5) is 0 Å². The number of pyridine rings is 1. The van der Waals surface area contributed by atoms with E-state index in [-0.39, 0.29) is 6.61 Å². The standard InChI is InChI=1S/C11H18N2O2/c1-2-13(7-8-14)9-11(15)10-5-3-4-6-12-10/h3-6,11,14-15H,2,7-9H2,1H3. The second-order valence-electron chi connectivity index (χ2n) is 3.39. The van der Waals surface area contributed by atoms with Gasteiger partial charge in [0.2, 0.25) is 0 Å². The molecule has 0 aromatic carbocycles. The van der Waals surface area contributed by atoms with Crippen molar-refractivity contribution in [2.45, 2.75) is 13.0 Å². The van der Waals surface area contributed by atoms with E-state index >= 15 is 0 Å². The summed E-state index contributed by atoms with van der Waals surface area (Å²) >= 11 is 0. The van der Waals surface area contributed by atoms with Gasteiger partial charge in [0.05, 0.1) is 12.3 Å². The van der Waals surface area contributed by atoms with Gasteiger partial charge < -0.3 is 10.2 Å². The molecule has 1 aromatic heterocycles. The van der Waals surface area contributed by atoms with E-state index in [9.17, 15) is 5.11 Å². The number of rotatable bonds is 6. The van der Waals surface area contributed by atoms with Gasteiger partial charge in [-0.25, -0.2) is 0 Å². The second-order valence-corrected chi connectivity index (χ2v) is 3.39. The maximum Gasteiger partial charge on any atom is 0.109 e. The largest absolute Gasteiger partial charge is 0.395 e. The van der Waals surface area contributed by atoms with Crippen LogP contribution in [0.2, 0.25) is 0 Å². The first kappa shape index (κ1) is 12.1. The van der Waals surface area contributed by atoms with Crippen molar-refractivity contribution in [2.24, 2.45) is 0 Å². The summed E-state index contributed by atoms with van der Waals surface area (Å²) in [5.74, 6) is 0. The molecule has 1 rings (SSSR count). The predicted octanol–water partition coefficient (Wildman–Crippen LogP) is 0.429. The van der Waals surface area contributed by atoms with E-state index in [1.54, 1.807) is 12.3 Å². The summed E-state index contributed by atoms with van der Waals surface area (Å²) in [6.45, 7) is 4.02. The highest BCUT2D eigenvalue weighted by molar-refractivity contribution is 5.06. The van der Waals surface area contributed by atoms with Crippen LogP contribution in [0.15, 0.2) is 24.4 Å². The lowest BCUT2D eigenvalue weighted by molar-refractivity contribution is 0.100. The van der Waals surface area contributed by atoms with Gasteiger partial charge in [0, 0.05) is 19.3 Å². The Bertz CT molecular complexity index is 267. The SMILES string of the molecule is CCN(CCO)CC(O)c1ccccn1. The van der Waals surface area contributed by atoms with Crippen molar-refractivity contribution in [3.8, 4) is 0 Å². The molecule has 1 unspecified atom stereocenters. The maximum absolute atomic E-state index is 9.86. The van der Waals surface area contributed by atoms with Crippen molar-refractivity contribution < 1.29 is 10.2 Å². The average molecular weight is 210 g/mol. The second kappa shape index (κ2) is 6.50. The molecule has 0 radical (unpaired) electrons. The van der Waals surface area contributed by atoms with E-state index in [1.807, 2.05) is 24.0 Å². The highest BCUT2D eigenvalue weighted by Crippen LogP contribution is 2.10. The van der Waals surface area contributed by atoms with Crippen LogP contribution in [0.3, 0.4) is 0 Å². The van der Waals surface area contributed by atoms with Gasteiger partial charge >= 0.3 is 0 Å². The molecule has 1 heterocycles. The highest BCUT2D eigenvalue weighted by Gasteiger charge is 2.12. The molecule has 0 saturated carbocycles. The molecule has 1 atom stereocenters. The van der Waals surface area contributed by atoms with Crippen LogP contribution in [-0.2, 0) is 0 Å². The molecule has 0 aliphatic rings. The smallest absolute Gasteiger partial charge is 0.109 e. The molecular weight excluding hydrogens is 192 g/mol. The molecule has 0 amide bonds. The first-order valence-corrected chi connectivity index (χ1v) is 5.20. The molecule has 4 nitrogen and oxygen atoms in total. The van der Waals surface area contributed by atoms with Crippen LogP contribution < -0.4 is 0 Å². The quantitative estimate of drug-likeness (QED) is 0.715. The zero-order valence-corrected chi connectivity index (χ0v) is 9.00. The lowest BCUT2D eigenvalue weighted by atomic mass is 10.2. The summed E-state index contributed by atoms with van der Waals surface area (Å²) in [7, 11) is 0. The third-order valence-corrected chi connectivity index (χ3v) is 2.32. The van der Waals surface area contributed by atoms with Crippen LogP contribution in [0.5, 0.6) is 0 Å². The third kappa shape index (κ3) is 3.95. The van der Waals surface area contributed by atoms with Crippen LogP contribution in [0.1, 0.15) is 18.7 Å². The number of likely N-dealkylation sites (N-methyl/N-ethyl adjacent to an activating group) is 1. The first-order chi connectivity index (χ1) is 7.27. The van der Waals surface area contributed by atoms with Gasteiger partial charge in [-0.15, -0.1) is 0 Å². The Balaban J connectivity index is 2.50. The Morgan fingerprint density at radius 3 is 2.80 bits per heavy atom. The fourth-order valence-electron chi connectivity index (χ4n) is 1.43. The molecule has 1 aromatic rings. The first-order valence-electron chi connectivity index (χ1n) is 5.20. The third-order valence-electron chi connectivity index (χ3n) is 2.32. The van der Waals surface area contributed by atoms with Crippen molar-refractivity contribution >= 4 is 0 Å². The summed E-state index contributed by atoms with van der Waals surface area (Å²) in [5, 5.41) is 18.7. The molecule has 0 aliphatic heterocycles. The average Bonchev–Trinajstić information content (AvgIpc) is 2.29. The van der Waals surface area contributed by atoms with Gasteiger partial charge in [0.25, 0.3) is 0 Å². The predicted molar refractivity (Wildman–Crippen MR) is 58.4 cm³/mol. The maximum atomic E-state index is 9.86. The lowest BCUT2D eigenvalue weighted by Gasteiger charge is -2.22.